The summed E-state index contributed by atoms with van der Waals surface area (Å²) in [6, 6.07) is 8.99. The van der Waals surface area contributed by atoms with Gasteiger partial charge in [0.2, 0.25) is 0 Å². The molecule has 1 unspecified atom stereocenters. The number of aromatic nitrogens is 2. The minimum absolute atomic E-state index is 0.116. The topological polar surface area (TPSA) is 70.4 Å². The third-order valence-electron chi connectivity index (χ3n) is 4.10. The lowest BCUT2D eigenvalue weighted by molar-refractivity contribution is -0.113. The zero-order valence-corrected chi connectivity index (χ0v) is 12.5. The van der Waals surface area contributed by atoms with Crippen LogP contribution in [0.2, 0.25) is 0 Å². The molecule has 0 radical (unpaired) electrons. The number of benzene rings is 1. The molecule has 3 rings (SSSR count). The van der Waals surface area contributed by atoms with E-state index in [1.54, 1.807) is 16.8 Å². The number of hydrogen-bond acceptors (Lipinski definition) is 4. The summed E-state index contributed by atoms with van der Waals surface area (Å²) in [5.41, 5.74) is 1.72. The zero-order chi connectivity index (χ0) is 15.5. The molecule has 1 aliphatic heterocycles. The van der Waals surface area contributed by atoms with Gasteiger partial charge in [0.15, 0.2) is 0 Å². The molecule has 2 atom stereocenters. The van der Waals surface area contributed by atoms with E-state index in [9.17, 15) is 10.0 Å². The van der Waals surface area contributed by atoms with Crippen LogP contribution in [0.5, 0.6) is 0 Å². The van der Waals surface area contributed by atoms with Gasteiger partial charge >= 0.3 is 0 Å². The average Bonchev–Trinajstić information content (AvgIpc) is 2.94. The number of carbonyl (C=O) groups excluding carboxylic acids is 1. The van der Waals surface area contributed by atoms with Gasteiger partial charge in [-0.1, -0.05) is 18.2 Å². The second-order valence-corrected chi connectivity index (χ2v) is 5.70. The maximum absolute atomic E-state index is 12.4. The highest BCUT2D eigenvalue weighted by Gasteiger charge is 2.32. The minimum atomic E-state index is -0.143. The van der Waals surface area contributed by atoms with E-state index in [1.807, 2.05) is 37.6 Å². The lowest BCUT2D eigenvalue weighted by atomic mass is 9.87. The van der Waals surface area contributed by atoms with Gasteiger partial charge in [-0.2, -0.15) is 10.2 Å². The molecule has 2 heterocycles. The zero-order valence-electron chi connectivity index (χ0n) is 12.5. The van der Waals surface area contributed by atoms with E-state index in [1.165, 1.54) is 5.06 Å². The molecule has 0 spiro atoms. The molecule has 1 amide bonds. The van der Waals surface area contributed by atoms with E-state index in [2.05, 4.69) is 10.4 Å². The average molecular weight is 300 g/mol. The van der Waals surface area contributed by atoms with Gasteiger partial charge < -0.3 is 10.5 Å². The monoisotopic (exact) mass is 300 g/mol. The maximum Gasteiger partial charge on any atom is 0.251 e. The maximum atomic E-state index is 12.4. The highest BCUT2D eigenvalue weighted by atomic mass is 16.5. The van der Waals surface area contributed by atoms with Crippen LogP contribution in [0.3, 0.4) is 0 Å². The molecule has 0 aliphatic carbocycles. The van der Waals surface area contributed by atoms with Crippen LogP contribution < -0.4 is 5.32 Å². The predicted octanol–water partition coefficient (Wildman–Crippen LogP) is 1.40. The number of carbonyl (C=O) groups is 1. The first-order chi connectivity index (χ1) is 10.6. The summed E-state index contributed by atoms with van der Waals surface area (Å²) >= 11 is 0. The Labute approximate surface area is 129 Å². The Morgan fingerprint density at radius 3 is 2.82 bits per heavy atom. The molecule has 2 N–H and O–H groups in total. The molecule has 22 heavy (non-hydrogen) atoms. The minimum Gasteiger partial charge on any atom is -0.347 e. The van der Waals surface area contributed by atoms with E-state index in [0.29, 0.717) is 18.7 Å². The summed E-state index contributed by atoms with van der Waals surface area (Å²) in [5, 5.41) is 18.3. The van der Waals surface area contributed by atoms with Crippen LogP contribution in [0.25, 0.3) is 0 Å². The molecular weight excluding hydrogens is 280 g/mol. The number of hydrogen-bond donors (Lipinski definition) is 2. The van der Waals surface area contributed by atoms with Crippen molar-refractivity contribution in [1.82, 2.24) is 20.2 Å². The van der Waals surface area contributed by atoms with Crippen LogP contribution in [0.1, 0.15) is 28.3 Å². The number of nitrogens with zero attached hydrogens (tertiary/aromatic N) is 3. The quantitative estimate of drug-likeness (QED) is 0.899. The Morgan fingerprint density at radius 1 is 1.36 bits per heavy atom. The molecule has 6 nitrogen and oxygen atoms in total. The second kappa shape index (κ2) is 6.29. The van der Waals surface area contributed by atoms with Crippen LogP contribution in [0.15, 0.2) is 42.7 Å². The molecule has 2 aromatic rings. The second-order valence-electron chi connectivity index (χ2n) is 5.70. The van der Waals surface area contributed by atoms with Gasteiger partial charge in [-0.25, -0.2) is 0 Å². The molecule has 1 aliphatic rings. The van der Waals surface area contributed by atoms with Gasteiger partial charge in [0.25, 0.3) is 5.91 Å². The molecule has 1 aromatic carbocycles. The molecule has 116 valence electrons. The first-order valence-electron chi connectivity index (χ1n) is 7.42. The Balaban J connectivity index is 1.77. The summed E-state index contributed by atoms with van der Waals surface area (Å²) in [6.45, 7) is 1.01. The SMILES string of the molecule is Cn1cc(C2CCN(O)C[C@@H]2NC(=O)c2ccccc2)cn1. The van der Waals surface area contributed by atoms with Crippen molar-refractivity contribution in [2.24, 2.45) is 7.05 Å². The van der Waals surface area contributed by atoms with Crippen molar-refractivity contribution >= 4 is 5.91 Å². The molecule has 1 saturated heterocycles. The molecule has 1 fully saturated rings. The molecular formula is C16H20N4O2. The van der Waals surface area contributed by atoms with Crippen molar-refractivity contribution in [3.63, 3.8) is 0 Å². The lowest BCUT2D eigenvalue weighted by Crippen LogP contribution is -2.50. The van der Waals surface area contributed by atoms with Crippen LogP contribution in [0.4, 0.5) is 0 Å². The van der Waals surface area contributed by atoms with E-state index >= 15 is 0 Å². The van der Waals surface area contributed by atoms with Crippen molar-refractivity contribution in [2.45, 2.75) is 18.4 Å². The number of aryl methyl sites for hydroxylation is 1. The van der Waals surface area contributed by atoms with E-state index < -0.39 is 0 Å². The van der Waals surface area contributed by atoms with Gasteiger partial charge in [-0.15, -0.1) is 0 Å². The highest BCUT2D eigenvalue weighted by Crippen LogP contribution is 2.27. The largest absolute Gasteiger partial charge is 0.347 e. The van der Waals surface area contributed by atoms with Crippen LogP contribution in [-0.2, 0) is 7.05 Å². The Bertz CT molecular complexity index is 641. The van der Waals surface area contributed by atoms with Gasteiger partial charge in [0.1, 0.15) is 0 Å². The Kier molecular flexibility index (Phi) is 4.22. The summed E-state index contributed by atoms with van der Waals surface area (Å²) in [6.07, 6.45) is 4.58. The molecule has 6 heteroatoms. The van der Waals surface area contributed by atoms with Gasteiger partial charge in [0.05, 0.1) is 12.2 Å². The van der Waals surface area contributed by atoms with E-state index in [4.69, 9.17) is 0 Å². The number of hydroxylamine groups is 2. The van der Waals surface area contributed by atoms with Crippen LogP contribution in [-0.4, -0.2) is 45.1 Å². The normalized spacial score (nSPS) is 22.5. The summed E-state index contributed by atoms with van der Waals surface area (Å²) in [4.78, 5) is 12.4. The van der Waals surface area contributed by atoms with Gasteiger partial charge in [0, 0.05) is 37.8 Å². The van der Waals surface area contributed by atoms with Crippen molar-refractivity contribution < 1.29 is 10.0 Å². The number of rotatable bonds is 3. The number of nitrogens with one attached hydrogen (secondary N) is 1. The fourth-order valence-corrected chi connectivity index (χ4v) is 2.95. The summed E-state index contributed by atoms with van der Waals surface area (Å²) in [5.74, 6) is 0.0413. The number of piperidine rings is 1. The molecule has 0 bridgehead atoms. The standard InChI is InChI=1S/C16H20N4O2/c1-19-10-13(9-17-19)14-7-8-20(22)11-15(14)18-16(21)12-5-3-2-4-6-12/h2-6,9-10,14-15,22H,7-8,11H2,1H3,(H,18,21)/t14?,15-/m0/s1. The Hall–Kier alpha value is -2.18. The van der Waals surface area contributed by atoms with Crippen LogP contribution >= 0.6 is 0 Å². The Morgan fingerprint density at radius 2 is 2.14 bits per heavy atom. The lowest BCUT2D eigenvalue weighted by Gasteiger charge is -2.35. The predicted molar refractivity (Wildman–Crippen MR) is 81.6 cm³/mol. The number of amides is 1. The van der Waals surface area contributed by atoms with Crippen molar-refractivity contribution in [1.29, 1.82) is 0 Å². The van der Waals surface area contributed by atoms with Crippen molar-refractivity contribution in [2.75, 3.05) is 13.1 Å². The van der Waals surface area contributed by atoms with E-state index in [-0.39, 0.29) is 17.9 Å². The van der Waals surface area contributed by atoms with Gasteiger partial charge in [-0.05, 0) is 24.1 Å². The fourth-order valence-electron chi connectivity index (χ4n) is 2.95. The summed E-state index contributed by atoms with van der Waals surface area (Å²) < 4.78 is 1.76. The van der Waals surface area contributed by atoms with Crippen molar-refractivity contribution in [3.05, 3.63) is 53.9 Å². The van der Waals surface area contributed by atoms with E-state index in [0.717, 1.165) is 12.0 Å². The first kappa shape index (κ1) is 14.7. The third kappa shape index (κ3) is 3.18. The smallest absolute Gasteiger partial charge is 0.251 e. The third-order valence-corrected chi connectivity index (χ3v) is 4.10. The molecule has 0 saturated carbocycles. The summed E-state index contributed by atoms with van der Waals surface area (Å²) in [7, 11) is 1.88. The van der Waals surface area contributed by atoms with Crippen molar-refractivity contribution in [3.8, 4) is 0 Å². The van der Waals surface area contributed by atoms with Crippen LogP contribution in [0, 0.1) is 0 Å². The molecule has 1 aromatic heterocycles. The van der Waals surface area contributed by atoms with Gasteiger partial charge in [-0.3, -0.25) is 9.48 Å². The first-order valence-corrected chi connectivity index (χ1v) is 7.42. The fraction of sp³-hybridized carbons (Fsp3) is 0.375. The highest BCUT2D eigenvalue weighted by molar-refractivity contribution is 5.94.